The summed E-state index contributed by atoms with van der Waals surface area (Å²) in [5.74, 6) is 1.94. The van der Waals surface area contributed by atoms with Crippen LogP contribution in [0.3, 0.4) is 0 Å². The maximum absolute atomic E-state index is 2.77. The van der Waals surface area contributed by atoms with Gasteiger partial charge in [0.1, 0.15) is 0 Å². The average molecular weight is 323 g/mol. The molecule has 2 aliphatic rings. The number of likely N-dealkylation sites (tertiary alicyclic amines) is 2. The molecule has 0 aromatic heterocycles. The van der Waals surface area contributed by atoms with Crippen LogP contribution < -0.4 is 0 Å². The molecule has 0 radical (unpaired) electrons. The molecular formula is C21H42N2. The Kier molecular flexibility index (Phi) is 6.58. The number of rotatable bonds is 4. The highest BCUT2D eigenvalue weighted by Crippen LogP contribution is 2.30. The minimum Gasteiger partial charge on any atom is -0.303 e. The van der Waals surface area contributed by atoms with Gasteiger partial charge in [-0.2, -0.15) is 0 Å². The summed E-state index contributed by atoms with van der Waals surface area (Å²) in [5, 5.41) is 0. The van der Waals surface area contributed by atoms with Gasteiger partial charge in [0.2, 0.25) is 0 Å². The topological polar surface area (TPSA) is 6.48 Å². The van der Waals surface area contributed by atoms with Crippen molar-refractivity contribution in [2.75, 3.05) is 32.7 Å². The van der Waals surface area contributed by atoms with Crippen LogP contribution in [0, 0.1) is 17.3 Å². The van der Waals surface area contributed by atoms with Crippen LogP contribution in [0.5, 0.6) is 0 Å². The van der Waals surface area contributed by atoms with Crippen molar-refractivity contribution < 1.29 is 0 Å². The van der Waals surface area contributed by atoms with Gasteiger partial charge < -0.3 is 4.90 Å². The average Bonchev–Trinajstić information content (AvgIpc) is 2.45. The third kappa shape index (κ3) is 6.74. The summed E-state index contributed by atoms with van der Waals surface area (Å²) < 4.78 is 0. The Labute approximate surface area is 146 Å². The largest absolute Gasteiger partial charge is 0.303 e. The summed E-state index contributed by atoms with van der Waals surface area (Å²) >= 11 is 0. The van der Waals surface area contributed by atoms with Crippen molar-refractivity contribution in [2.24, 2.45) is 17.3 Å². The van der Waals surface area contributed by atoms with E-state index in [-0.39, 0.29) is 0 Å². The fourth-order valence-electron chi connectivity index (χ4n) is 4.25. The van der Waals surface area contributed by atoms with Gasteiger partial charge in [0, 0.05) is 12.1 Å². The predicted molar refractivity (Wildman–Crippen MR) is 102 cm³/mol. The van der Waals surface area contributed by atoms with Gasteiger partial charge in [-0.25, -0.2) is 0 Å². The molecule has 0 unspecified atom stereocenters. The zero-order valence-electron chi connectivity index (χ0n) is 16.8. The highest BCUT2D eigenvalue weighted by atomic mass is 15.2. The third-order valence-electron chi connectivity index (χ3n) is 6.09. The zero-order chi connectivity index (χ0) is 17.1. The highest BCUT2D eigenvalue weighted by molar-refractivity contribution is 4.84. The Balaban J connectivity index is 1.64. The first kappa shape index (κ1) is 19.2. The summed E-state index contributed by atoms with van der Waals surface area (Å²) in [5.41, 5.74) is 0.870. The molecule has 0 aromatic carbocycles. The molecule has 2 rings (SSSR count). The van der Waals surface area contributed by atoms with E-state index in [4.69, 9.17) is 0 Å². The first-order valence-electron chi connectivity index (χ1n) is 10.1. The van der Waals surface area contributed by atoms with Gasteiger partial charge in [0.15, 0.2) is 0 Å². The number of hydrogen-bond donors (Lipinski definition) is 0. The first-order valence-corrected chi connectivity index (χ1v) is 10.1. The molecule has 0 saturated carbocycles. The Bertz CT molecular complexity index is 334. The summed E-state index contributed by atoms with van der Waals surface area (Å²) in [6.07, 6.45) is 8.53. The van der Waals surface area contributed by atoms with E-state index in [1.54, 1.807) is 0 Å². The molecule has 136 valence electrons. The normalized spacial score (nSPS) is 24.3. The van der Waals surface area contributed by atoms with Crippen LogP contribution in [0.2, 0.25) is 0 Å². The molecule has 23 heavy (non-hydrogen) atoms. The Hall–Kier alpha value is -0.0800. The van der Waals surface area contributed by atoms with E-state index in [0.717, 1.165) is 11.8 Å². The van der Waals surface area contributed by atoms with Gasteiger partial charge in [-0.05, 0) is 103 Å². The van der Waals surface area contributed by atoms with Crippen molar-refractivity contribution in [1.29, 1.82) is 0 Å². The minimum absolute atomic E-state index is 0.358. The molecule has 0 aromatic rings. The molecule has 2 nitrogen and oxygen atoms in total. The molecule has 0 spiro atoms. The maximum atomic E-state index is 2.77. The fourth-order valence-corrected chi connectivity index (χ4v) is 4.25. The van der Waals surface area contributed by atoms with E-state index in [1.165, 1.54) is 71.2 Å². The van der Waals surface area contributed by atoms with Crippen molar-refractivity contribution in [3.8, 4) is 0 Å². The van der Waals surface area contributed by atoms with Gasteiger partial charge in [0.05, 0.1) is 0 Å². The van der Waals surface area contributed by atoms with Gasteiger partial charge in [0.25, 0.3) is 0 Å². The highest BCUT2D eigenvalue weighted by Gasteiger charge is 2.29. The van der Waals surface area contributed by atoms with Gasteiger partial charge in [-0.15, -0.1) is 0 Å². The van der Waals surface area contributed by atoms with Crippen LogP contribution in [-0.2, 0) is 0 Å². The van der Waals surface area contributed by atoms with E-state index < -0.39 is 0 Å². The van der Waals surface area contributed by atoms with E-state index in [9.17, 15) is 0 Å². The number of piperidine rings is 2. The van der Waals surface area contributed by atoms with Crippen LogP contribution >= 0.6 is 0 Å². The summed E-state index contributed by atoms with van der Waals surface area (Å²) in [7, 11) is 0. The summed E-state index contributed by atoms with van der Waals surface area (Å²) in [6.45, 7) is 20.9. The molecule has 2 aliphatic heterocycles. The number of hydrogen-bond acceptors (Lipinski definition) is 2. The van der Waals surface area contributed by atoms with E-state index >= 15 is 0 Å². The molecule has 0 bridgehead atoms. The predicted octanol–water partition coefficient (Wildman–Crippen LogP) is 5.04. The molecule has 2 heteroatoms. The molecular weight excluding hydrogens is 280 g/mol. The summed E-state index contributed by atoms with van der Waals surface area (Å²) in [4.78, 5) is 5.44. The van der Waals surface area contributed by atoms with Crippen LogP contribution in [0.1, 0.15) is 80.1 Å². The Morgan fingerprint density at radius 1 is 0.739 bits per heavy atom. The molecule has 0 aliphatic carbocycles. The van der Waals surface area contributed by atoms with E-state index in [1.807, 2.05) is 0 Å². The Morgan fingerprint density at radius 3 is 1.74 bits per heavy atom. The lowest BCUT2D eigenvalue weighted by Gasteiger charge is -2.42. The second-order valence-electron chi connectivity index (χ2n) is 10.4. The van der Waals surface area contributed by atoms with E-state index in [0.29, 0.717) is 11.0 Å². The second-order valence-corrected chi connectivity index (χ2v) is 10.4. The molecule has 2 fully saturated rings. The molecule has 2 heterocycles. The van der Waals surface area contributed by atoms with Crippen LogP contribution in [0.15, 0.2) is 0 Å². The van der Waals surface area contributed by atoms with Crippen molar-refractivity contribution in [3.05, 3.63) is 0 Å². The monoisotopic (exact) mass is 322 g/mol. The van der Waals surface area contributed by atoms with Crippen molar-refractivity contribution >= 4 is 0 Å². The zero-order valence-corrected chi connectivity index (χ0v) is 16.8. The van der Waals surface area contributed by atoms with E-state index in [2.05, 4.69) is 51.3 Å². The quantitative estimate of drug-likeness (QED) is 0.716. The van der Waals surface area contributed by atoms with Crippen LogP contribution in [-0.4, -0.2) is 48.1 Å². The second kappa shape index (κ2) is 7.87. The van der Waals surface area contributed by atoms with Gasteiger partial charge in [-0.1, -0.05) is 20.8 Å². The van der Waals surface area contributed by atoms with Crippen molar-refractivity contribution in [1.82, 2.24) is 9.80 Å². The molecule has 2 saturated heterocycles. The fraction of sp³-hybridized carbons (Fsp3) is 1.00. The van der Waals surface area contributed by atoms with Crippen molar-refractivity contribution in [3.63, 3.8) is 0 Å². The molecule has 0 atom stereocenters. The Morgan fingerprint density at radius 2 is 1.26 bits per heavy atom. The minimum atomic E-state index is 0.358. The number of nitrogens with zero attached hydrogens (tertiary/aromatic N) is 2. The maximum Gasteiger partial charge on any atom is 0.0125 e. The van der Waals surface area contributed by atoms with Gasteiger partial charge in [-0.3, -0.25) is 4.90 Å². The third-order valence-corrected chi connectivity index (χ3v) is 6.09. The van der Waals surface area contributed by atoms with Crippen LogP contribution in [0.4, 0.5) is 0 Å². The van der Waals surface area contributed by atoms with Crippen molar-refractivity contribution in [2.45, 2.75) is 85.6 Å². The summed E-state index contributed by atoms with van der Waals surface area (Å²) in [6, 6.07) is 0. The molecule has 0 amide bonds. The lowest BCUT2D eigenvalue weighted by molar-refractivity contribution is 0.0667. The molecule has 0 N–H and O–H groups in total. The standard InChI is InChI=1S/C21H42N2/c1-20(2,3)12-7-18-8-13-22(14-9-18)17-19-10-15-23(16-11-19)21(4,5)6/h18-19H,7-17H2,1-6H3. The smallest absolute Gasteiger partial charge is 0.0125 e. The van der Waals surface area contributed by atoms with Gasteiger partial charge >= 0.3 is 0 Å². The van der Waals surface area contributed by atoms with Crippen LogP contribution in [0.25, 0.3) is 0 Å². The SMILES string of the molecule is CC(C)(C)CCC1CCN(CC2CCN(C(C)(C)C)CC2)CC1. The lowest BCUT2D eigenvalue weighted by Crippen LogP contribution is -2.48. The first-order chi connectivity index (χ1) is 10.6. The lowest BCUT2D eigenvalue weighted by atomic mass is 9.83.